The van der Waals surface area contributed by atoms with Crippen LogP contribution in [-0.4, -0.2) is 43.1 Å². The highest BCUT2D eigenvalue weighted by atomic mass is 16.6. The van der Waals surface area contributed by atoms with Gasteiger partial charge in [-0.15, -0.1) is 0 Å². The van der Waals surface area contributed by atoms with Crippen LogP contribution in [0.25, 0.3) is 0 Å². The number of rotatable bonds is 8. The Bertz CT molecular complexity index is 621. The van der Waals surface area contributed by atoms with Gasteiger partial charge in [-0.1, -0.05) is 44.2 Å². The number of hydrogen-bond donors (Lipinski definition) is 1. The molecule has 0 bridgehead atoms. The van der Waals surface area contributed by atoms with Crippen molar-refractivity contribution in [1.29, 1.82) is 0 Å². The van der Waals surface area contributed by atoms with Crippen molar-refractivity contribution < 1.29 is 19.1 Å². The molecule has 2 atom stereocenters. The molecule has 1 amide bonds. The number of hydrogen-bond acceptors (Lipinski definition) is 5. The summed E-state index contributed by atoms with van der Waals surface area (Å²) in [6.07, 6.45) is 2.21. The molecule has 6 heteroatoms. The second kappa shape index (κ2) is 10.7. The highest BCUT2D eigenvalue weighted by Crippen LogP contribution is 2.11. The Morgan fingerprint density at radius 1 is 1.19 bits per heavy atom. The molecule has 0 heterocycles. The molecule has 0 radical (unpaired) electrons. The van der Waals surface area contributed by atoms with Gasteiger partial charge in [0.2, 0.25) is 0 Å². The van der Waals surface area contributed by atoms with Gasteiger partial charge in [-0.3, -0.25) is 4.99 Å². The minimum absolute atomic E-state index is 0.289. The Kier molecular flexibility index (Phi) is 8.98. The van der Waals surface area contributed by atoms with Gasteiger partial charge in [0.15, 0.2) is 0 Å². The molecule has 0 unspecified atom stereocenters. The van der Waals surface area contributed by atoms with Crippen LogP contribution in [0.2, 0.25) is 0 Å². The standard InChI is InChI=1S/C21H32N2O4/c1-15(2)12-18(19(24)26-6)22-14-17(13-16-10-8-7-9-11-16)23-20(25)27-21(3,4)5/h7-11,14-15,17-18H,12-13H2,1-6H3,(H,23,25)/t17-,18-/m0/s1. The largest absolute Gasteiger partial charge is 0.467 e. The number of amides is 1. The van der Waals surface area contributed by atoms with Crippen molar-refractivity contribution in [3.05, 3.63) is 35.9 Å². The van der Waals surface area contributed by atoms with E-state index in [2.05, 4.69) is 10.3 Å². The van der Waals surface area contributed by atoms with Gasteiger partial charge in [0.25, 0.3) is 0 Å². The van der Waals surface area contributed by atoms with Gasteiger partial charge in [0.1, 0.15) is 11.6 Å². The number of carbonyl (C=O) groups is 2. The monoisotopic (exact) mass is 376 g/mol. The molecule has 0 saturated heterocycles. The van der Waals surface area contributed by atoms with Crippen molar-refractivity contribution in [2.75, 3.05) is 7.11 Å². The maximum Gasteiger partial charge on any atom is 0.408 e. The molecule has 0 aromatic heterocycles. The maximum atomic E-state index is 12.2. The quantitative estimate of drug-likeness (QED) is 0.553. The lowest BCUT2D eigenvalue weighted by Gasteiger charge is -2.22. The lowest BCUT2D eigenvalue weighted by atomic mass is 10.0. The summed E-state index contributed by atoms with van der Waals surface area (Å²) in [5.74, 6) is -0.0895. The zero-order valence-electron chi connectivity index (χ0n) is 17.2. The van der Waals surface area contributed by atoms with E-state index in [1.807, 2.05) is 65.0 Å². The van der Waals surface area contributed by atoms with E-state index in [0.717, 1.165) is 5.56 Å². The summed E-state index contributed by atoms with van der Waals surface area (Å²) in [6.45, 7) is 9.46. The molecule has 0 saturated carbocycles. The van der Waals surface area contributed by atoms with Crippen LogP contribution < -0.4 is 5.32 Å². The molecule has 1 aromatic carbocycles. The predicted molar refractivity (Wildman–Crippen MR) is 107 cm³/mol. The Morgan fingerprint density at radius 2 is 1.81 bits per heavy atom. The van der Waals surface area contributed by atoms with Crippen molar-refractivity contribution >= 4 is 18.3 Å². The van der Waals surface area contributed by atoms with E-state index in [0.29, 0.717) is 12.8 Å². The van der Waals surface area contributed by atoms with Crippen molar-refractivity contribution in [3.8, 4) is 0 Å². The second-order valence-corrected chi connectivity index (χ2v) is 7.91. The number of nitrogens with zero attached hydrogens (tertiary/aromatic N) is 1. The average Bonchev–Trinajstić information content (AvgIpc) is 2.56. The molecule has 1 rings (SSSR count). The third-order valence-corrected chi connectivity index (χ3v) is 3.61. The summed E-state index contributed by atoms with van der Waals surface area (Å²) >= 11 is 0. The zero-order valence-corrected chi connectivity index (χ0v) is 17.2. The van der Waals surface area contributed by atoms with E-state index >= 15 is 0 Å². The fourth-order valence-electron chi connectivity index (χ4n) is 2.48. The van der Waals surface area contributed by atoms with Crippen LogP contribution in [0.15, 0.2) is 35.3 Å². The summed E-state index contributed by atoms with van der Waals surface area (Å²) in [7, 11) is 1.35. The Balaban J connectivity index is 2.93. The van der Waals surface area contributed by atoms with Crippen molar-refractivity contribution in [2.24, 2.45) is 10.9 Å². The van der Waals surface area contributed by atoms with E-state index in [9.17, 15) is 9.59 Å². The first-order valence-electron chi connectivity index (χ1n) is 9.25. The van der Waals surface area contributed by atoms with E-state index < -0.39 is 23.8 Å². The third kappa shape index (κ3) is 9.78. The Morgan fingerprint density at radius 3 is 2.33 bits per heavy atom. The number of nitrogens with one attached hydrogen (secondary N) is 1. The summed E-state index contributed by atoms with van der Waals surface area (Å²) in [5, 5.41) is 2.83. The third-order valence-electron chi connectivity index (χ3n) is 3.61. The second-order valence-electron chi connectivity index (χ2n) is 7.91. The number of alkyl carbamates (subject to hydrolysis) is 1. The van der Waals surface area contributed by atoms with Crippen LogP contribution in [0.1, 0.15) is 46.6 Å². The van der Waals surface area contributed by atoms with Gasteiger partial charge in [-0.2, -0.15) is 0 Å². The molecule has 0 aliphatic carbocycles. The van der Waals surface area contributed by atoms with Crippen LogP contribution in [0.4, 0.5) is 4.79 Å². The van der Waals surface area contributed by atoms with Crippen LogP contribution in [0.5, 0.6) is 0 Å². The van der Waals surface area contributed by atoms with E-state index in [-0.39, 0.29) is 11.9 Å². The summed E-state index contributed by atoms with van der Waals surface area (Å²) < 4.78 is 10.2. The summed E-state index contributed by atoms with van der Waals surface area (Å²) in [5.41, 5.74) is 0.452. The first kappa shape index (κ1) is 22.7. The zero-order chi connectivity index (χ0) is 20.4. The summed E-state index contributed by atoms with van der Waals surface area (Å²) in [4.78, 5) is 28.6. The fourth-order valence-corrected chi connectivity index (χ4v) is 2.48. The minimum Gasteiger partial charge on any atom is -0.467 e. The number of benzene rings is 1. The molecule has 150 valence electrons. The molecule has 0 fully saturated rings. The highest BCUT2D eigenvalue weighted by molar-refractivity contribution is 5.80. The van der Waals surface area contributed by atoms with Crippen LogP contribution in [-0.2, 0) is 20.7 Å². The number of methoxy groups -OCH3 is 1. The van der Waals surface area contributed by atoms with Gasteiger partial charge < -0.3 is 14.8 Å². The number of ether oxygens (including phenoxy) is 2. The lowest BCUT2D eigenvalue weighted by Crippen LogP contribution is -2.41. The van der Waals surface area contributed by atoms with Crippen LogP contribution >= 0.6 is 0 Å². The highest BCUT2D eigenvalue weighted by Gasteiger charge is 2.22. The van der Waals surface area contributed by atoms with Gasteiger partial charge in [-0.05, 0) is 45.1 Å². The maximum absolute atomic E-state index is 12.2. The lowest BCUT2D eigenvalue weighted by molar-refractivity contribution is -0.142. The van der Waals surface area contributed by atoms with Crippen LogP contribution in [0, 0.1) is 5.92 Å². The van der Waals surface area contributed by atoms with Crippen LogP contribution in [0.3, 0.4) is 0 Å². The van der Waals surface area contributed by atoms with Crippen molar-refractivity contribution in [1.82, 2.24) is 5.32 Å². The molecule has 1 N–H and O–H groups in total. The number of aliphatic imine (C=N–C) groups is 1. The van der Waals surface area contributed by atoms with Gasteiger partial charge >= 0.3 is 12.1 Å². The first-order valence-corrected chi connectivity index (χ1v) is 9.25. The normalized spacial score (nSPS) is 14.0. The molecule has 0 spiro atoms. The fraction of sp³-hybridized carbons (Fsp3) is 0.571. The van der Waals surface area contributed by atoms with Gasteiger partial charge in [0, 0.05) is 6.21 Å². The molecule has 27 heavy (non-hydrogen) atoms. The molecular weight excluding hydrogens is 344 g/mol. The Hall–Kier alpha value is -2.37. The minimum atomic E-state index is -0.593. The van der Waals surface area contributed by atoms with Gasteiger partial charge in [0.05, 0.1) is 13.2 Å². The smallest absolute Gasteiger partial charge is 0.408 e. The molecular formula is C21H32N2O4. The molecule has 0 aliphatic heterocycles. The number of carbonyl (C=O) groups excluding carboxylic acids is 2. The average molecular weight is 376 g/mol. The molecule has 1 aromatic rings. The SMILES string of the molecule is COC(=O)[C@H](CC(C)C)N=C[C@H](Cc1ccccc1)NC(=O)OC(C)(C)C. The molecule has 6 nitrogen and oxygen atoms in total. The van der Waals surface area contributed by atoms with E-state index in [4.69, 9.17) is 9.47 Å². The summed E-state index contributed by atoms with van der Waals surface area (Å²) in [6, 6.07) is 8.77. The topological polar surface area (TPSA) is 77.0 Å². The van der Waals surface area contributed by atoms with Crippen molar-refractivity contribution in [2.45, 2.75) is 65.1 Å². The predicted octanol–water partition coefficient (Wildman–Crippen LogP) is 3.78. The first-order chi connectivity index (χ1) is 12.6. The van der Waals surface area contributed by atoms with Crippen molar-refractivity contribution in [3.63, 3.8) is 0 Å². The Labute approximate surface area is 162 Å². The number of esters is 1. The van der Waals surface area contributed by atoms with E-state index in [1.165, 1.54) is 7.11 Å². The van der Waals surface area contributed by atoms with Gasteiger partial charge in [-0.25, -0.2) is 9.59 Å². The van der Waals surface area contributed by atoms with E-state index in [1.54, 1.807) is 6.21 Å². The molecule has 0 aliphatic rings.